The fraction of sp³-hybridized carbons (Fsp3) is 0.271. The minimum absolute atomic E-state index is 0.0247. The number of carbonyl (C=O) groups excluding carboxylic acids is 2. The van der Waals surface area contributed by atoms with Crippen molar-refractivity contribution in [3.05, 3.63) is 121 Å². The number of aromatic nitrogens is 8. The second-order valence-corrected chi connectivity index (χ2v) is 18.3. The van der Waals surface area contributed by atoms with Gasteiger partial charge in [-0.05, 0) is 101 Å². The number of hydrogen-bond donors (Lipinski definition) is 2. The van der Waals surface area contributed by atoms with Crippen LogP contribution in [-0.2, 0) is 14.9 Å². The predicted octanol–water partition coefficient (Wildman–Crippen LogP) is 11.2. The average molecular weight is 817 g/mol. The average Bonchev–Trinajstić information content (AvgIpc) is 4.03. The van der Waals surface area contributed by atoms with Crippen molar-refractivity contribution in [3.63, 3.8) is 0 Å². The van der Waals surface area contributed by atoms with Gasteiger partial charge in [-0.1, -0.05) is 57.2 Å². The summed E-state index contributed by atoms with van der Waals surface area (Å²) in [5.74, 6) is 2.50. The molecule has 2 N–H and O–H groups in total. The Hall–Kier alpha value is -7.15. The monoisotopic (exact) mass is 816 g/mol. The molecule has 0 amide bonds. The van der Waals surface area contributed by atoms with Crippen LogP contribution in [0.1, 0.15) is 79.7 Å². The number of H-pyrrole nitrogens is 2. The van der Waals surface area contributed by atoms with Gasteiger partial charge in [0.2, 0.25) is 6.23 Å². The van der Waals surface area contributed by atoms with E-state index in [1.54, 1.807) is 30.7 Å². The molecule has 0 bridgehead atoms. The van der Waals surface area contributed by atoms with Gasteiger partial charge in [0.25, 0.3) is 0 Å². The van der Waals surface area contributed by atoms with Crippen LogP contribution in [0.3, 0.4) is 0 Å². The van der Waals surface area contributed by atoms with Crippen LogP contribution in [0.2, 0.25) is 0 Å². The van der Waals surface area contributed by atoms with E-state index in [0.717, 1.165) is 50.5 Å². The number of ether oxygens (including phenoxy) is 3. The van der Waals surface area contributed by atoms with Crippen LogP contribution < -0.4 is 4.74 Å². The molecule has 5 aromatic heterocycles. The summed E-state index contributed by atoms with van der Waals surface area (Å²) in [6, 6.07) is 27.9. The molecular weight excluding hydrogens is 769 g/mol. The molecule has 13 heteroatoms. The van der Waals surface area contributed by atoms with Gasteiger partial charge in [-0.15, -0.1) is 0 Å². The smallest absolute Gasteiger partial charge is 0.419 e. The van der Waals surface area contributed by atoms with Gasteiger partial charge in [-0.25, -0.2) is 33.7 Å². The lowest BCUT2D eigenvalue weighted by molar-refractivity contribution is 0.0528. The molecule has 8 aromatic rings. The quantitative estimate of drug-likeness (QED) is 0.174. The molecule has 0 aliphatic carbocycles. The summed E-state index contributed by atoms with van der Waals surface area (Å²) in [6.45, 7) is 17.6. The minimum Gasteiger partial charge on any atom is -0.465 e. The number of hydrogen-bond acceptors (Lipinski definition) is 8. The Balaban J connectivity index is 1.09. The number of imidazole rings is 3. The Morgan fingerprint density at radius 1 is 0.672 bits per heavy atom. The summed E-state index contributed by atoms with van der Waals surface area (Å²) >= 11 is 0. The molecule has 13 nitrogen and oxygen atoms in total. The van der Waals surface area contributed by atoms with Crippen LogP contribution in [0.15, 0.2) is 110 Å². The first-order valence-electron chi connectivity index (χ1n) is 20.3. The third-order valence-electron chi connectivity index (χ3n) is 10.4. The molecule has 0 spiro atoms. The Morgan fingerprint density at radius 2 is 1.31 bits per heavy atom. The zero-order valence-corrected chi connectivity index (χ0v) is 35.7. The van der Waals surface area contributed by atoms with Crippen molar-refractivity contribution in [2.45, 2.75) is 85.2 Å². The van der Waals surface area contributed by atoms with Gasteiger partial charge in [0, 0.05) is 29.1 Å². The van der Waals surface area contributed by atoms with E-state index in [1.165, 1.54) is 14.7 Å². The van der Waals surface area contributed by atoms with Crippen molar-refractivity contribution in [1.82, 2.24) is 38.6 Å². The summed E-state index contributed by atoms with van der Waals surface area (Å²) in [5.41, 5.74) is 7.80. The number of carbonyl (C=O) groups is 2. The number of nitrogens with zero attached hydrogens (tertiary/aromatic N) is 6. The van der Waals surface area contributed by atoms with Gasteiger partial charge in [0.05, 0.1) is 51.8 Å². The fourth-order valence-electron chi connectivity index (χ4n) is 7.50. The van der Waals surface area contributed by atoms with Crippen molar-refractivity contribution < 1.29 is 23.8 Å². The Morgan fingerprint density at radius 3 is 1.95 bits per heavy atom. The first-order valence-corrected chi connectivity index (χ1v) is 20.3. The highest BCUT2D eigenvalue weighted by Crippen LogP contribution is 2.45. The maximum Gasteiger partial charge on any atom is 0.419 e. The zero-order chi connectivity index (χ0) is 43.0. The molecule has 9 rings (SSSR count). The SMILES string of the molecule is CC(C)(C)OC(=O)n1cccc1-c1ncc(-c2ccc3c(c2)O[C@@H](c2ccc(C(C)(C)C)cc2)n2c(-c4ccc5nc(-c6cccn6C(=O)OC(C)(C)C)[nH]c5c4)cnc2-3)[nH]1. The molecule has 3 aromatic carbocycles. The van der Waals surface area contributed by atoms with E-state index >= 15 is 0 Å². The molecule has 61 heavy (non-hydrogen) atoms. The first kappa shape index (κ1) is 39.3. The maximum absolute atomic E-state index is 13.0. The third kappa shape index (κ3) is 7.51. The summed E-state index contributed by atoms with van der Waals surface area (Å²) in [4.78, 5) is 47.4. The standard InChI is InChI=1S/C48H48N8O5/c1-46(2,3)31-18-14-28(15-19-31)43-56-38(30-17-21-33-34(24-30)52-41(51-33)37-13-11-23-55(37)45(58)61-48(7,8)9)27-50-42(56)32-20-16-29(25-39(32)59-43)35-26-49-40(53-35)36-12-10-22-54(36)44(57)60-47(4,5)6/h10-27,43H,1-9H3,(H,49,53)(H,51,52)/t43-/m0/s1. The molecule has 0 unspecified atom stereocenters. The van der Waals surface area contributed by atoms with E-state index in [0.29, 0.717) is 28.8 Å². The molecule has 1 atom stereocenters. The molecule has 0 fully saturated rings. The second-order valence-electron chi connectivity index (χ2n) is 18.3. The normalized spacial score (nSPS) is 14.1. The number of aromatic amines is 2. The van der Waals surface area contributed by atoms with E-state index in [-0.39, 0.29) is 5.41 Å². The van der Waals surface area contributed by atoms with Crippen LogP contribution in [0.4, 0.5) is 9.59 Å². The molecule has 6 heterocycles. The highest BCUT2D eigenvalue weighted by molar-refractivity contribution is 5.86. The van der Waals surface area contributed by atoms with Crippen LogP contribution in [-0.4, -0.2) is 62.0 Å². The van der Waals surface area contributed by atoms with E-state index < -0.39 is 29.6 Å². The molecule has 1 aliphatic rings. The van der Waals surface area contributed by atoms with Crippen LogP contribution >= 0.6 is 0 Å². The summed E-state index contributed by atoms with van der Waals surface area (Å²) in [5, 5.41) is 0. The van der Waals surface area contributed by atoms with Gasteiger partial charge in [0.1, 0.15) is 22.8 Å². The van der Waals surface area contributed by atoms with Crippen molar-refractivity contribution >= 4 is 23.2 Å². The zero-order valence-electron chi connectivity index (χ0n) is 35.7. The topological polar surface area (TPSA) is 147 Å². The van der Waals surface area contributed by atoms with Crippen LogP contribution in [0, 0.1) is 0 Å². The summed E-state index contributed by atoms with van der Waals surface area (Å²) in [7, 11) is 0. The van der Waals surface area contributed by atoms with Gasteiger partial charge >= 0.3 is 12.2 Å². The molecule has 310 valence electrons. The van der Waals surface area contributed by atoms with E-state index in [1.807, 2.05) is 96.3 Å². The van der Waals surface area contributed by atoms with Gasteiger partial charge < -0.3 is 24.2 Å². The molecule has 0 saturated carbocycles. The van der Waals surface area contributed by atoms with Crippen molar-refractivity contribution in [2.75, 3.05) is 0 Å². The summed E-state index contributed by atoms with van der Waals surface area (Å²) < 4.78 is 23.3. The highest BCUT2D eigenvalue weighted by atomic mass is 16.6. The largest absolute Gasteiger partial charge is 0.465 e. The van der Waals surface area contributed by atoms with Crippen molar-refractivity contribution in [2.24, 2.45) is 0 Å². The summed E-state index contributed by atoms with van der Waals surface area (Å²) in [6.07, 6.45) is 5.46. The Bertz CT molecular complexity index is 2960. The lowest BCUT2D eigenvalue weighted by atomic mass is 9.86. The fourth-order valence-corrected chi connectivity index (χ4v) is 7.50. The van der Waals surface area contributed by atoms with Gasteiger partial charge in [-0.2, -0.15) is 0 Å². The number of nitrogens with one attached hydrogen (secondary N) is 2. The lowest BCUT2D eigenvalue weighted by Gasteiger charge is -2.31. The maximum atomic E-state index is 13.0. The Kier molecular flexibility index (Phi) is 9.19. The highest BCUT2D eigenvalue weighted by Gasteiger charge is 2.32. The van der Waals surface area contributed by atoms with E-state index in [2.05, 4.69) is 64.6 Å². The van der Waals surface area contributed by atoms with E-state index in [4.69, 9.17) is 24.2 Å². The number of rotatable bonds is 5. The Labute approximate surface area is 353 Å². The lowest BCUT2D eigenvalue weighted by Crippen LogP contribution is -2.27. The molecule has 1 aliphatic heterocycles. The van der Waals surface area contributed by atoms with Gasteiger partial charge in [0.15, 0.2) is 11.6 Å². The van der Waals surface area contributed by atoms with Crippen LogP contribution in [0.25, 0.3) is 68.0 Å². The molecular formula is C48H48N8O5. The minimum atomic E-state index is -0.645. The van der Waals surface area contributed by atoms with Gasteiger partial charge in [-0.3, -0.25) is 4.57 Å². The van der Waals surface area contributed by atoms with Crippen molar-refractivity contribution in [1.29, 1.82) is 0 Å². The predicted molar refractivity (Wildman–Crippen MR) is 234 cm³/mol. The molecule has 0 radical (unpaired) electrons. The van der Waals surface area contributed by atoms with Crippen LogP contribution in [0.5, 0.6) is 5.75 Å². The first-order chi connectivity index (χ1) is 28.9. The second kappa shape index (κ2) is 14.3. The molecule has 0 saturated heterocycles. The van der Waals surface area contributed by atoms with Crippen molar-refractivity contribution in [3.8, 4) is 62.7 Å². The third-order valence-corrected chi connectivity index (χ3v) is 10.4. The number of benzene rings is 3. The van der Waals surface area contributed by atoms with E-state index in [9.17, 15) is 9.59 Å². The number of fused-ring (bicyclic) bond motifs is 4.